The van der Waals surface area contributed by atoms with E-state index in [0.717, 1.165) is 23.1 Å². The van der Waals surface area contributed by atoms with Crippen LogP contribution in [-0.4, -0.2) is 21.3 Å². The van der Waals surface area contributed by atoms with E-state index in [-0.39, 0.29) is 0 Å². The molecule has 2 aromatic carbocycles. The number of hydrogen-bond acceptors (Lipinski definition) is 3. The first kappa shape index (κ1) is 16.1. The van der Waals surface area contributed by atoms with E-state index in [4.69, 9.17) is 0 Å². The third-order valence-corrected chi connectivity index (χ3v) is 4.17. The Hall–Kier alpha value is -2.75. The Labute approximate surface area is 142 Å². The molecule has 0 amide bonds. The molecule has 0 unspecified atom stereocenters. The van der Waals surface area contributed by atoms with Crippen LogP contribution in [0.1, 0.15) is 52.6 Å². The maximum atomic E-state index is 11.3. The van der Waals surface area contributed by atoms with Crippen LogP contribution in [0.15, 0.2) is 54.6 Å². The van der Waals surface area contributed by atoms with Crippen molar-refractivity contribution in [2.75, 3.05) is 0 Å². The number of aromatic nitrogens is 3. The number of carbonyl (C=O) groups excluding carboxylic acids is 1. The second kappa shape index (κ2) is 7.21. The molecule has 0 N–H and O–H groups in total. The highest BCUT2D eigenvalue weighted by molar-refractivity contribution is 5.73. The van der Waals surface area contributed by atoms with Crippen LogP contribution >= 0.6 is 0 Å². The van der Waals surface area contributed by atoms with Gasteiger partial charge in [0.25, 0.3) is 0 Å². The van der Waals surface area contributed by atoms with E-state index in [1.807, 2.05) is 35.0 Å². The summed E-state index contributed by atoms with van der Waals surface area (Å²) in [6.45, 7) is 4.98. The zero-order valence-corrected chi connectivity index (χ0v) is 14.0. The Morgan fingerprint density at radius 1 is 1.00 bits per heavy atom. The first-order valence-corrected chi connectivity index (χ1v) is 8.17. The van der Waals surface area contributed by atoms with Crippen molar-refractivity contribution in [2.45, 2.75) is 32.7 Å². The summed E-state index contributed by atoms with van der Waals surface area (Å²) in [6, 6.07) is 18.6. The van der Waals surface area contributed by atoms with Gasteiger partial charge in [-0.15, -0.1) is 5.10 Å². The summed E-state index contributed by atoms with van der Waals surface area (Å²) in [5.41, 5.74) is 4.87. The number of carbonyl (C=O) groups is 1. The lowest BCUT2D eigenvalue weighted by Crippen LogP contribution is -2.08. The van der Waals surface area contributed by atoms with E-state index in [1.165, 1.54) is 5.56 Å². The minimum atomic E-state index is 0.414. The van der Waals surface area contributed by atoms with Crippen LogP contribution < -0.4 is 0 Å². The number of nitrogens with zero attached hydrogens (tertiary/aromatic N) is 3. The van der Waals surface area contributed by atoms with Crippen LogP contribution in [0.4, 0.5) is 0 Å². The highest BCUT2D eigenvalue weighted by Gasteiger charge is 2.13. The van der Waals surface area contributed by atoms with E-state index in [1.54, 1.807) is 0 Å². The first-order chi connectivity index (χ1) is 11.7. The van der Waals surface area contributed by atoms with Gasteiger partial charge in [0.1, 0.15) is 5.69 Å². The summed E-state index contributed by atoms with van der Waals surface area (Å²) in [5.74, 6) is 0.515. The molecule has 0 saturated carbocycles. The molecular formula is C20H21N3O. The van der Waals surface area contributed by atoms with E-state index < -0.39 is 0 Å². The molecule has 1 heterocycles. The topological polar surface area (TPSA) is 47.8 Å². The standard InChI is InChI=1S/C20H21N3O/c1-15(2)18-10-8-17(9-11-18)13-23-20(19(14-24)21-22-23)12-16-6-4-3-5-7-16/h3-11,14-15H,12-13H2,1-2H3. The van der Waals surface area contributed by atoms with E-state index in [2.05, 4.69) is 48.4 Å². The summed E-state index contributed by atoms with van der Waals surface area (Å²) < 4.78 is 1.82. The molecule has 0 aliphatic carbocycles. The van der Waals surface area contributed by atoms with Crippen molar-refractivity contribution in [1.82, 2.24) is 15.0 Å². The van der Waals surface area contributed by atoms with Crippen molar-refractivity contribution in [3.8, 4) is 0 Å². The lowest BCUT2D eigenvalue weighted by molar-refractivity contribution is 0.111. The van der Waals surface area contributed by atoms with Crippen molar-refractivity contribution >= 4 is 6.29 Å². The molecule has 0 saturated heterocycles. The van der Waals surface area contributed by atoms with Crippen LogP contribution in [0.5, 0.6) is 0 Å². The maximum Gasteiger partial charge on any atom is 0.172 e. The first-order valence-electron chi connectivity index (χ1n) is 8.17. The van der Waals surface area contributed by atoms with Gasteiger partial charge in [-0.25, -0.2) is 4.68 Å². The van der Waals surface area contributed by atoms with Crippen LogP contribution in [-0.2, 0) is 13.0 Å². The van der Waals surface area contributed by atoms with Gasteiger partial charge in [0.15, 0.2) is 6.29 Å². The molecule has 0 aliphatic heterocycles. The molecule has 0 radical (unpaired) electrons. The molecule has 3 rings (SSSR count). The molecule has 0 bridgehead atoms. The number of hydrogen-bond donors (Lipinski definition) is 0. The maximum absolute atomic E-state index is 11.3. The van der Waals surface area contributed by atoms with Gasteiger partial charge < -0.3 is 0 Å². The molecule has 0 aliphatic rings. The van der Waals surface area contributed by atoms with E-state index in [0.29, 0.717) is 24.6 Å². The minimum Gasteiger partial charge on any atom is -0.296 e. The van der Waals surface area contributed by atoms with Gasteiger partial charge in [0.05, 0.1) is 12.2 Å². The summed E-state index contributed by atoms with van der Waals surface area (Å²) >= 11 is 0. The highest BCUT2D eigenvalue weighted by Crippen LogP contribution is 2.17. The quantitative estimate of drug-likeness (QED) is 0.648. The third-order valence-electron chi connectivity index (χ3n) is 4.17. The zero-order chi connectivity index (χ0) is 16.9. The predicted molar refractivity (Wildman–Crippen MR) is 94.3 cm³/mol. The Morgan fingerprint density at radius 2 is 1.71 bits per heavy atom. The lowest BCUT2D eigenvalue weighted by atomic mass is 10.0. The average molecular weight is 319 g/mol. The third kappa shape index (κ3) is 3.59. The molecular weight excluding hydrogens is 298 g/mol. The van der Waals surface area contributed by atoms with Gasteiger partial charge in [0.2, 0.25) is 0 Å². The lowest BCUT2D eigenvalue weighted by Gasteiger charge is -2.09. The van der Waals surface area contributed by atoms with Gasteiger partial charge in [0, 0.05) is 6.42 Å². The van der Waals surface area contributed by atoms with Gasteiger partial charge in [-0.05, 0) is 22.6 Å². The van der Waals surface area contributed by atoms with Gasteiger partial charge >= 0.3 is 0 Å². The Kier molecular flexibility index (Phi) is 4.85. The molecule has 3 aromatic rings. The van der Waals surface area contributed by atoms with Gasteiger partial charge in [-0.3, -0.25) is 4.79 Å². The van der Waals surface area contributed by atoms with Crippen LogP contribution in [0, 0.1) is 0 Å². The van der Waals surface area contributed by atoms with Crippen molar-refractivity contribution in [1.29, 1.82) is 0 Å². The average Bonchev–Trinajstić information content (AvgIpc) is 2.98. The largest absolute Gasteiger partial charge is 0.296 e. The fourth-order valence-electron chi connectivity index (χ4n) is 2.72. The fraction of sp³-hybridized carbons (Fsp3) is 0.250. The van der Waals surface area contributed by atoms with Crippen LogP contribution in [0.25, 0.3) is 0 Å². The van der Waals surface area contributed by atoms with Gasteiger partial charge in [-0.1, -0.05) is 73.7 Å². The zero-order valence-electron chi connectivity index (χ0n) is 14.0. The Morgan fingerprint density at radius 3 is 2.33 bits per heavy atom. The molecule has 4 nitrogen and oxygen atoms in total. The SMILES string of the molecule is CC(C)c1ccc(Cn2nnc(C=O)c2Cc2ccccc2)cc1. The summed E-state index contributed by atoms with van der Waals surface area (Å²) in [5, 5.41) is 8.19. The Bertz CT molecular complexity index is 805. The smallest absolute Gasteiger partial charge is 0.172 e. The summed E-state index contributed by atoms with van der Waals surface area (Å²) in [4.78, 5) is 11.3. The number of benzene rings is 2. The Balaban J connectivity index is 1.85. The van der Waals surface area contributed by atoms with E-state index >= 15 is 0 Å². The summed E-state index contributed by atoms with van der Waals surface area (Å²) in [6.07, 6.45) is 1.43. The highest BCUT2D eigenvalue weighted by atomic mass is 16.1. The van der Waals surface area contributed by atoms with Crippen molar-refractivity contribution in [3.63, 3.8) is 0 Å². The van der Waals surface area contributed by atoms with Crippen LogP contribution in [0.3, 0.4) is 0 Å². The second-order valence-electron chi connectivity index (χ2n) is 6.26. The molecule has 24 heavy (non-hydrogen) atoms. The number of aldehydes is 1. The molecule has 0 atom stereocenters. The predicted octanol–water partition coefficient (Wildman–Crippen LogP) is 3.85. The van der Waals surface area contributed by atoms with E-state index in [9.17, 15) is 4.79 Å². The molecule has 4 heteroatoms. The molecule has 122 valence electrons. The van der Waals surface area contributed by atoms with Gasteiger partial charge in [-0.2, -0.15) is 0 Å². The van der Waals surface area contributed by atoms with Crippen molar-refractivity contribution < 1.29 is 4.79 Å². The fourth-order valence-corrected chi connectivity index (χ4v) is 2.72. The monoisotopic (exact) mass is 319 g/mol. The van der Waals surface area contributed by atoms with Crippen molar-refractivity contribution in [3.05, 3.63) is 82.7 Å². The normalized spacial score (nSPS) is 11.0. The molecule has 0 spiro atoms. The molecule has 1 aromatic heterocycles. The number of rotatable bonds is 6. The summed E-state index contributed by atoms with van der Waals surface area (Å²) in [7, 11) is 0. The second-order valence-corrected chi connectivity index (χ2v) is 6.26. The molecule has 0 fully saturated rings. The minimum absolute atomic E-state index is 0.414. The van der Waals surface area contributed by atoms with Crippen LogP contribution in [0.2, 0.25) is 0 Å². The van der Waals surface area contributed by atoms with Crippen molar-refractivity contribution in [2.24, 2.45) is 0 Å².